The monoisotopic (exact) mass is 281 g/mol. The molecule has 0 spiro atoms. The highest BCUT2D eigenvalue weighted by atomic mass is 35.5. The Hall–Kier alpha value is -1.06. The highest BCUT2D eigenvalue weighted by molar-refractivity contribution is 6.35. The summed E-state index contributed by atoms with van der Waals surface area (Å²) in [4.78, 5) is 14.8. The molecule has 0 unspecified atom stereocenters. The van der Waals surface area contributed by atoms with Crippen LogP contribution in [0.3, 0.4) is 0 Å². The number of ketones is 1. The minimum Gasteiger partial charge on any atom is -0.378 e. The van der Waals surface area contributed by atoms with E-state index >= 15 is 0 Å². The molecule has 1 fully saturated rings. The Morgan fingerprint density at radius 3 is 2.47 bits per heavy atom. The number of Topliss-reactive ketones (excluding diaryl/α,β-unsaturated/α-hetero) is 1. The van der Waals surface area contributed by atoms with E-state index in [4.69, 9.17) is 16.3 Å². The second kappa shape index (κ2) is 5.51. The number of carbonyl (C=O) groups is 1. The number of rotatable bonds is 2. The highest BCUT2D eigenvalue weighted by Crippen LogP contribution is 2.33. The lowest BCUT2D eigenvalue weighted by Crippen LogP contribution is -2.37. The Bertz CT molecular complexity index is 474. The van der Waals surface area contributed by atoms with Crippen molar-refractivity contribution in [3.05, 3.63) is 28.8 Å². The van der Waals surface area contributed by atoms with Crippen LogP contribution in [-0.2, 0) is 4.74 Å². The molecule has 104 valence electrons. The lowest BCUT2D eigenvalue weighted by molar-refractivity contribution is 0.0857. The molecule has 1 heterocycles. The molecule has 1 aromatic carbocycles. The zero-order chi connectivity index (χ0) is 14.0. The van der Waals surface area contributed by atoms with Crippen LogP contribution in [0.15, 0.2) is 18.2 Å². The van der Waals surface area contributed by atoms with Crippen LogP contribution in [0.25, 0.3) is 0 Å². The first-order valence-corrected chi connectivity index (χ1v) is 6.95. The molecule has 0 atom stereocenters. The summed E-state index contributed by atoms with van der Waals surface area (Å²) in [6.45, 7) is 8.73. The van der Waals surface area contributed by atoms with E-state index in [-0.39, 0.29) is 5.78 Å². The molecule has 0 aromatic heterocycles. The third kappa shape index (κ3) is 3.10. The molecule has 0 bridgehead atoms. The summed E-state index contributed by atoms with van der Waals surface area (Å²) in [7, 11) is 0. The zero-order valence-electron chi connectivity index (χ0n) is 11.7. The molecule has 0 N–H and O–H groups in total. The van der Waals surface area contributed by atoms with Crippen molar-refractivity contribution in [3.8, 4) is 0 Å². The molecule has 0 amide bonds. The lowest BCUT2D eigenvalue weighted by Gasteiger charge is -2.31. The molecule has 1 saturated heterocycles. The fraction of sp³-hybridized carbons (Fsp3) is 0.533. The Morgan fingerprint density at radius 1 is 1.26 bits per heavy atom. The fourth-order valence-corrected chi connectivity index (χ4v) is 2.44. The third-order valence-corrected chi connectivity index (χ3v) is 3.57. The summed E-state index contributed by atoms with van der Waals surface area (Å²) in [5.41, 5.74) is 1.13. The van der Waals surface area contributed by atoms with E-state index in [1.54, 1.807) is 6.07 Å². The quantitative estimate of drug-likeness (QED) is 0.778. The van der Waals surface area contributed by atoms with Gasteiger partial charge in [0.25, 0.3) is 0 Å². The van der Waals surface area contributed by atoms with Crippen molar-refractivity contribution in [1.29, 1.82) is 0 Å². The van der Waals surface area contributed by atoms with Gasteiger partial charge in [0.05, 0.1) is 23.8 Å². The van der Waals surface area contributed by atoms with Crippen LogP contribution in [0.1, 0.15) is 31.1 Å². The normalized spacial score (nSPS) is 16.5. The standard InChI is InChI=1S/C15H20ClNO2/c1-15(2,3)14(18)13-11(16)5-4-6-12(13)17-7-9-19-10-8-17/h4-6H,7-10H2,1-3H3. The van der Waals surface area contributed by atoms with Crippen molar-refractivity contribution in [2.24, 2.45) is 5.41 Å². The van der Waals surface area contributed by atoms with Gasteiger partial charge >= 0.3 is 0 Å². The second-order valence-corrected chi connectivity index (χ2v) is 6.22. The van der Waals surface area contributed by atoms with Crippen LogP contribution in [0.2, 0.25) is 5.02 Å². The van der Waals surface area contributed by atoms with Crippen LogP contribution in [0, 0.1) is 5.41 Å². The molecule has 1 aliphatic heterocycles. The van der Waals surface area contributed by atoms with Crippen molar-refractivity contribution in [3.63, 3.8) is 0 Å². The van der Waals surface area contributed by atoms with Crippen molar-refractivity contribution in [2.75, 3.05) is 31.2 Å². The number of ether oxygens (including phenoxy) is 1. The number of hydrogen-bond acceptors (Lipinski definition) is 3. The van der Waals surface area contributed by atoms with E-state index in [1.165, 1.54) is 0 Å². The summed E-state index contributed by atoms with van der Waals surface area (Å²) in [6.07, 6.45) is 0. The smallest absolute Gasteiger partial charge is 0.171 e. The van der Waals surface area contributed by atoms with E-state index < -0.39 is 5.41 Å². The van der Waals surface area contributed by atoms with Gasteiger partial charge in [0, 0.05) is 24.2 Å². The molecule has 0 radical (unpaired) electrons. The predicted octanol–water partition coefficient (Wildman–Crippen LogP) is 3.41. The largest absolute Gasteiger partial charge is 0.378 e. The maximum atomic E-state index is 12.6. The Balaban J connectivity index is 2.44. The SMILES string of the molecule is CC(C)(C)C(=O)c1c(Cl)cccc1N1CCOCC1. The van der Waals surface area contributed by atoms with Gasteiger partial charge < -0.3 is 9.64 Å². The van der Waals surface area contributed by atoms with E-state index in [0.29, 0.717) is 23.8 Å². The summed E-state index contributed by atoms with van der Waals surface area (Å²) in [5.74, 6) is 0.0830. The maximum Gasteiger partial charge on any atom is 0.171 e. The first-order chi connectivity index (χ1) is 8.91. The summed E-state index contributed by atoms with van der Waals surface area (Å²) < 4.78 is 5.36. The van der Waals surface area contributed by atoms with Gasteiger partial charge in [-0.3, -0.25) is 4.79 Å². The van der Waals surface area contributed by atoms with Gasteiger partial charge in [-0.2, -0.15) is 0 Å². The molecular weight excluding hydrogens is 262 g/mol. The molecule has 1 aliphatic rings. The average Bonchev–Trinajstić information content (AvgIpc) is 2.37. The number of nitrogens with zero attached hydrogens (tertiary/aromatic N) is 1. The van der Waals surface area contributed by atoms with Gasteiger partial charge in [-0.25, -0.2) is 0 Å². The number of halogens is 1. The van der Waals surface area contributed by atoms with Crippen LogP contribution >= 0.6 is 11.6 Å². The number of carbonyl (C=O) groups excluding carboxylic acids is 1. The summed E-state index contributed by atoms with van der Waals surface area (Å²) in [6, 6.07) is 5.65. The van der Waals surface area contributed by atoms with Gasteiger partial charge in [0.1, 0.15) is 0 Å². The third-order valence-electron chi connectivity index (χ3n) is 3.25. The van der Waals surface area contributed by atoms with Crippen LogP contribution < -0.4 is 4.90 Å². The zero-order valence-corrected chi connectivity index (χ0v) is 12.5. The van der Waals surface area contributed by atoms with E-state index in [0.717, 1.165) is 18.8 Å². The number of morpholine rings is 1. The summed E-state index contributed by atoms with van der Waals surface area (Å²) in [5, 5.41) is 0.531. The molecular formula is C15H20ClNO2. The first-order valence-electron chi connectivity index (χ1n) is 6.57. The average molecular weight is 282 g/mol. The molecule has 1 aromatic rings. The van der Waals surface area contributed by atoms with Gasteiger partial charge in [-0.15, -0.1) is 0 Å². The molecule has 4 heteroatoms. The van der Waals surface area contributed by atoms with Crippen LogP contribution in [-0.4, -0.2) is 32.1 Å². The number of benzene rings is 1. The number of hydrogen-bond donors (Lipinski definition) is 0. The predicted molar refractivity (Wildman–Crippen MR) is 78.3 cm³/mol. The second-order valence-electron chi connectivity index (χ2n) is 5.81. The van der Waals surface area contributed by atoms with Gasteiger partial charge in [0.2, 0.25) is 0 Å². The van der Waals surface area contributed by atoms with Gasteiger partial charge in [-0.1, -0.05) is 38.4 Å². The molecule has 19 heavy (non-hydrogen) atoms. The van der Waals surface area contributed by atoms with Crippen LogP contribution in [0.5, 0.6) is 0 Å². The molecule has 0 saturated carbocycles. The molecule has 3 nitrogen and oxygen atoms in total. The molecule has 0 aliphatic carbocycles. The van der Waals surface area contributed by atoms with E-state index in [2.05, 4.69) is 4.90 Å². The minimum absolute atomic E-state index is 0.0830. The lowest BCUT2D eigenvalue weighted by atomic mass is 9.85. The molecule has 2 rings (SSSR count). The van der Waals surface area contributed by atoms with Crippen molar-refractivity contribution >= 4 is 23.1 Å². The minimum atomic E-state index is -0.438. The van der Waals surface area contributed by atoms with Crippen molar-refractivity contribution in [1.82, 2.24) is 0 Å². The first kappa shape index (κ1) is 14.4. The van der Waals surface area contributed by atoms with Crippen LogP contribution in [0.4, 0.5) is 5.69 Å². The number of anilines is 1. The topological polar surface area (TPSA) is 29.5 Å². The van der Waals surface area contributed by atoms with Crippen molar-refractivity contribution < 1.29 is 9.53 Å². The van der Waals surface area contributed by atoms with Gasteiger partial charge in [0.15, 0.2) is 5.78 Å². The Kier molecular flexibility index (Phi) is 4.16. The Morgan fingerprint density at radius 2 is 1.89 bits per heavy atom. The maximum absolute atomic E-state index is 12.6. The summed E-state index contributed by atoms with van der Waals surface area (Å²) >= 11 is 6.27. The van der Waals surface area contributed by atoms with Gasteiger partial charge in [-0.05, 0) is 12.1 Å². The van der Waals surface area contributed by atoms with E-state index in [1.807, 2.05) is 32.9 Å². The van der Waals surface area contributed by atoms with Crippen molar-refractivity contribution in [2.45, 2.75) is 20.8 Å². The van der Waals surface area contributed by atoms with E-state index in [9.17, 15) is 4.79 Å². The Labute approximate surface area is 119 Å². The fourth-order valence-electron chi connectivity index (χ4n) is 2.18. The highest BCUT2D eigenvalue weighted by Gasteiger charge is 2.29.